The molecule has 0 fully saturated rings. The minimum absolute atomic E-state index is 0.149. The Hall–Kier alpha value is -1.77. The molecule has 0 aliphatic carbocycles. The second-order valence-corrected chi connectivity index (χ2v) is 3.14. The number of aryl methyl sites for hydroxylation is 1. The van der Waals surface area contributed by atoms with Gasteiger partial charge in [-0.2, -0.15) is 0 Å². The van der Waals surface area contributed by atoms with E-state index in [9.17, 15) is 5.11 Å². The van der Waals surface area contributed by atoms with Crippen LogP contribution in [-0.4, -0.2) is 17.2 Å². The van der Waals surface area contributed by atoms with Crippen molar-refractivity contribution in [2.24, 2.45) is 0 Å². The third kappa shape index (κ3) is 1.27. The number of ether oxygens (including phenoxy) is 1. The molecule has 0 amide bonds. The van der Waals surface area contributed by atoms with Crippen LogP contribution < -0.4 is 4.74 Å². The van der Waals surface area contributed by atoms with E-state index in [1.54, 1.807) is 18.3 Å². The number of aromatic hydroxyl groups is 1. The summed E-state index contributed by atoms with van der Waals surface area (Å²) < 4.78 is 5.02. The Bertz CT molecular complexity index is 480. The molecule has 0 bridgehead atoms. The van der Waals surface area contributed by atoms with Crippen molar-refractivity contribution < 1.29 is 9.84 Å². The fourth-order valence-corrected chi connectivity index (χ4v) is 1.50. The summed E-state index contributed by atoms with van der Waals surface area (Å²) in [5, 5.41) is 11.6. The Balaban J connectivity index is 2.79. The van der Waals surface area contributed by atoms with Gasteiger partial charge in [0.1, 0.15) is 0 Å². The van der Waals surface area contributed by atoms with Crippen LogP contribution in [0, 0.1) is 6.92 Å². The molecule has 0 aliphatic rings. The average molecular weight is 189 g/mol. The van der Waals surface area contributed by atoms with Crippen LogP contribution >= 0.6 is 0 Å². The summed E-state index contributed by atoms with van der Waals surface area (Å²) in [7, 11) is 1.54. The number of pyridine rings is 1. The second kappa shape index (κ2) is 3.18. The minimum Gasteiger partial charge on any atom is -0.504 e. The first-order chi connectivity index (χ1) is 6.72. The van der Waals surface area contributed by atoms with Gasteiger partial charge >= 0.3 is 0 Å². The van der Waals surface area contributed by atoms with Crippen molar-refractivity contribution in [3.8, 4) is 11.5 Å². The zero-order chi connectivity index (χ0) is 10.1. The quantitative estimate of drug-likeness (QED) is 0.748. The van der Waals surface area contributed by atoms with Gasteiger partial charge in [0.15, 0.2) is 11.5 Å². The third-order valence-electron chi connectivity index (χ3n) is 2.26. The maximum Gasteiger partial charge on any atom is 0.161 e. The van der Waals surface area contributed by atoms with Crippen molar-refractivity contribution in [1.82, 2.24) is 4.98 Å². The van der Waals surface area contributed by atoms with Crippen molar-refractivity contribution in [3.05, 3.63) is 30.1 Å². The summed E-state index contributed by atoms with van der Waals surface area (Å²) in [6.45, 7) is 1.91. The Morgan fingerprint density at radius 2 is 2.14 bits per heavy atom. The first-order valence-electron chi connectivity index (χ1n) is 4.34. The minimum atomic E-state index is 0.149. The van der Waals surface area contributed by atoms with Gasteiger partial charge in [0.2, 0.25) is 0 Å². The predicted molar refractivity (Wildman–Crippen MR) is 54.7 cm³/mol. The molecule has 1 aromatic heterocycles. The highest BCUT2D eigenvalue weighted by Gasteiger charge is 2.05. The topological polar surface area (TPSA) is 42.4 Å². The maximum absolute atomic E-state index is 9.58. The van der Waals surface area contributed by atoms with E-state index in [1.807, 2.05) is 13.0 Å². The Morgan fingerprint density at radius 1 is 1.36 bits per heavy atom. The number of rotatable bonds is 1. The summed E-state index contributed by atoms with van der Waals surface area (Å²) in [5.41, 5.74) is 0.903. The highest BCUT2D eigenvalue weighted by molar-refractivity contribution is 5.87. The van der Waals surface area contributed by atoms with E-state index in [1.165, 1.54) is 7.11 Å². The number of nitrogens with zero attached hydrogens (tertiary/aromatic N) is 1. The van der Waals surface area contributed by atoms with Crippen LogP contribution in [0.4, 0.5) is 0 Å². The molecule has 3 heteroatoms. The molecule has 0 unspecified atom stereocenters. The number of phenols is 1. The molecule has 0 atom stereocenters. The molecule has 14 heavy (non-hydrogen) atoms. The molecule has 0 spiro atoms. The van der Waals surface area contributed by atoms with Crippen LogP contribution in [-0.2, 0) is 0 Å². The van der Waals surface area contributed by atoms with Gasteiger partial charge in [-0.05, 0) is 30.5 Å². The standard InChI is InChI=1S/C11H11NO2/c1-7-9-6-10(13)11(14-2)5-8(9)3-4-12-7/h3-6,13H,1-2H3. The smallest absolute Gasteiger partial charge is 0.161 e. The van der Waals surface area contributed by atoms with Gasteiger partial charge in [0.05, 0.1) is 7.11 Å². The SMILES string of the molecule is COc1cc2ccnc(C)c2cc1O. The molecule has 0 saturated carbocycles. The first kappa shape index (κ1) is 8.81. The number of hydrogen-bond acceptors (Lipinski definition) is 3. The Morgan fingerprint density at radius 3 is 2.86 bits per heavy atom. The number of methoxy groups -OCH3 is 1. The van der Waals surface area contributed by atoms with E-state index in [-0.39, 0.29) is 5.75 Å². The van der Waals surface area contributed by atoms with E-state index < -0.39 is 0 Å². The van der Waals surface area contributed by atoms with E-state index in [2.05, 4.69) is 4.98 Å². The van der Waals surface area contributed by atoms with Crippen LogP contribution in [0.25, 0.3) is 10.8 Å². The van der Waals surface area contributed by atoms with Crippen LogP contribution in [0.5, 0.6) is 11.5 Å². The molecular formula is C11H11NO2. The van der Waals surface area contributed by atoms with Crippen molar-refractivity contribution in [2.75, 3.05) is 7.11 Å². The molecular weight excluding hydrogens is 178 g/mol. The molecule has 2 rings (SSSR count). The lowest BCUT2D eigenvalue weighted by Crippen LogP contribution is -1.87. The molecule has 0 aliphatic heterocycles. The average Bonchev–Trinajstić information content (AvgIpc) is 2.19. The van der Waals surface area contributed by atoms with E-state index in [4.69, 9.17) is 4.74 Å². The van der Waals surface area contributed by atoms with Gasteiger partial charge < -0.3 is 9.84 Å². The summed E-state index contributed by atoms with van der Waals surface area (Å²) in [4.78, 5) is 4.15. The number of fused-ring (bicyclic) bond motifs is 1. The molecule has 1 heterocycles. The lowest BCUT2D eigenvalue weighted by molar-refractivity contribution is 0.374. The monoisotopic (exact) mass is 189 g/mol. The van der Waals surface area contributed by atoms with Gasteiger partial charge in [0, 0.05) is 17.3 Å². The summed E-state index contributed by atoms with van der Waals surface area (Å²) >= 11 is 0. The van der Waals surface area contributed by atoms with Crippen molar-refractivity contribution in [3.63, 3.8) is 0 Å². The van der Waals surface area contributed by atoms with Crippen LogP contribution in [0.3, 0.4) is 0 Å². The fourth-order valence-electron chi connectivity index (χ4n) is 1.50. The zero-order valence-corrected chi connectivity index (χ0v) is 8.11. The van der Waals surface area contributed by atoms with E-state index >= 15 is 0 Å². The highest BCUT2D eigenvalue weighted by atomic mass is 16.5. The molecule has 72 valence electrons. The molecule has 3 nitrogen and oxygen atoms in total. The van der Waals surface area contributed by atoms with Gasteiger partial charge in [-0.15, -0.1) is 0 Å². The number of hydrogen-bond donors (Lipinski definition) is 1. The number of aromatic nitrogens is 1. The van der Waals surface area contributed by atoms with Gasteiger partial charge in [0.25, 0.3) is 0 Å². The van der Waals surface area contributed by atoms with Gasteiger partial charge in [-0.25, -0.2) is 0 Å². The Kier molecular flexibility index (Phi) is 2.00. The molecule has 0 saturated heterocycles. The summed E-state index contributed by atoms with van der Waals surface area (Å²) in [6.07, 6.45) is 1.74. The van der Waals surface area contributed by atoms with Crippen molar-refractivity contribution >= 4 is 10.8 Å². The highest BCUT2D eigenvalue weighted by Crippen LogP contribution is 2.31. The fraction of sp³-hybridized carbons (Fsp3) is 0.182. The van der Waals surface area contributed by atoms with Gasteiger partial charge in [-0.3, -0.25) is 4.98 Å². The lowest BCUT2D eigenvalue weighted by Gasteiger charge is -2.06. The van der Waals surface area contributed by atoms with Crippen LogP contribution in [0.15, 0.2) is 24.4 Å². The van der Waals surface area contributed by atoms with Crippen molar-refractivity contribution in [1.29, 1.82) is 0 Å². The van der Waals surface area contributed by atoms with E-state index in [0.29, 0.717) is 5.75 Å². The Labute approximate surface area is 82.0 Å². The van der Waals surface area contributed by atoms with Crippen LogP contribution in [0.1, 0.15) is 5.69 Å². The maximum atomic E-state index is 9.58. The van der Waals surface area contributed by atoms with E-state index in [0.717, 1.165) is 16.5 Å². The van der Waals surface area contributed by atoms with Crippen molar-refractivity contribution in [2.45, 2.75) is 6.92 Å². The zero-order valence-electron chi connectivity index (χ0n) is 8.11. The van der Waals surface area contributed by atoms with Crippen LogP contribution in [0.2, 0.25) is 0 Å². The lowest BCUT2D eigenvalue weighted by atomic mass is 10.1. The second-order valence-electron chi connectivity index (χ2n) is 3.14. The van der Waals surface area contributed by atoms with Gasteiger partial charge in [-0.1, -0.05) is 0 Å². The number of phenolic OH excluding ortho intramolecular Hbond substituents is 1. The third-order valence-corrected chi connectivity index (χ3v) is 2.26. The molecule has 1 N–H and O–H groups in total. The normalized spacial score (nSPS) is 10.4. The summed E-state index contributed by atoms with van der Waals surface area (Å²) in [5.74, 6) is 0.638. The largest absolute Gasteiger partial charge is 0.504 e. The number of benzene rings is 1. The summed E-state index contributed by atoms with van der Waals surface area (Å²) in [6, 6.07) is 5.38. The first-order valence-corrected chi connectivity index (χ1v) is 4.34. The molecule has 1 aromatic carbocycles. The predicted octanol–water partition coefficient (Wildman–Crippen LogP) is 2.26. The molecule has 2 aromatic rings. The molecule has 0 radical (unpaired) electrons.